The second kappa shape index (κ2) is 7.04. The van der Waals surface area contributed by atoms with Gasteiger partial charge in [-0.3, -0.25) is 4.79 Å². The maximum Gasteiger partial charge on any atom is 0.236 e. The number of nitrogens with one attached hydrogen (secondary N) is 1. The minimum atomic E-state index is -0.270. The predicted octanol–water partition coefficient (Wildman–Crippen LogP) is 2.73. The molecule has 2 rings (SSSR count). The fraction of sp³-hybridized carbons (Fsp3) is 0.312. The highest BCUT2D eigenvalue weighted by Gasteiger charge is 2.14. The van der Waals surface area contributed by atoms with Crippen LogP contribution in [0, 0.1) is 5.82 Å². The van der Waals surface area contributed by atoms with Crippen molar-refractivity contribution in [3.63, 3.8) is 0 Å². The van der Waals surface area contributed by atoms with E-state index < -0.39 is 0 Å². The van der Waals surface area contributed by atoms with E-state index in [0.29, 0.717) is 12.1 Å². The van der Waals surface area contributed by atoms with Gasteiger partial charge in [0.05, 0.1) is 19.4 Å². The Morgan fingerprint density at radius 2 is 2.10 bits per heavy atom. The molecule has 5 heteroatoms. The van der Waals surface area contributed by atoms with Crippen molar-refractivity contribution in [2.24, 2.45) is 0 Å². The number of hydrogen-bond acceptors (Lipinski definition) is 3. The molecule has 0 aliphatic carbocycles. The molecule has 1 aromatic carbocycles. The van der Waals surface area contributed by atoms with Crippen LogP contribution in [-0.2, 0) is 11.3 Å². The molecule has 1 amide bonds. The van der Waals surface area contributed by atoms with Gasteiger partial charge in [-0.15, -0.1) is 0 Å². The van der Waals surface area contributed by atoms with Gasteiger partial charge in [0, 0.05) is 18.7 Å². The number of carbonyl (C=O) groups is 1. The molecule has 0 aliphatic rings. The van der Waals surface area contributed by atoms with Crippen LogP contribution < -0.4 is 5.32 Å². The van der Waals surface area contributed by atoms with E-state index in [1.165, 1.54) is 6.07 Å². The van der Waals surface area contributed by atoms with Crippen molar-refractivity contribution >= 4 is 5.91 Å². The lowest BCUT2D eigenvalue weighted by Crippen LogP contribution is -2.36. The van der Waals surface area contributed by atoms with Gasteiger partial charge < -0.3 is 14.6 Å². The minimum Gasteiger partial charge on any atom is -0.467 e. The molecule has 0 fully saturated rings. The molecule has 0 radical (unpaired) electrons. The minimum absolute atomic E-state index is 0.0745. The van der Waals surface area contributed by atoms with Crippen LogP contribution in [0.15, 0.2) is 47.1 Å². The predicted molar refractivity (Wildman–Crippen MR) is 78.0 cm³/mol. The standard InChI is InChI=1S/C16H19FN2O2/c1-12(14-7-3-4-8-15(14)17)18-10-16(20)19(2)11-13-6-5-9-21-13/h3-9,12,18H,10-11H2,1-2H3/t12-/m0/s1. The average molecular weight is 290 g/mol. The van der Waals surface area contributed by atoms with Crippen molar-refractivity contribution in [2.45, 2.75) is 19.5 Å². The zero-order valence-corrected chi connectivity index (χ0v) is 12.2. The maximum atomic E-state index is 13.6. The first-order chi connectivity index (χ1) is 10.1. The van der Waals surface area contributed by atoms with Crippen molar-refractivity contribution in [1.29, 1.82) is 0 Å². The van der Waals surface area contributed by atoms with Crippen LogP contribution in [0.25, 0.3) is 0 Å². The second-order valence-electron chi connectivity index (χ2n) is 4.95. The van der Waals surface area contributed by atoms with E-state index in [1.807, 2.05) is 13.0 Å². The number of hydrogen-bond donors (Lipinski definition) is 1. The third kappa shape index (κ3) is 4.16. The molecule has 0 unspecified atom stereocenters. The number of nitrogens with zero attached hydrogens (tertiary/aromatic N) is 1. The van der Waals surface area contributed by atoms with Gasteiger partial charge in [-0.25, -0.2) is 4.39 Å². The highest BCUT2D eigenvalue weighted by Crippen LogP contribution is 2.15. The lowest BCUT2D eigenvalue weighted by Gasteiger charge is -2.19. The van der Waals surface area contributed by atoms with Crippen LogP contribution in [0.3, 0.4) is 0 Å². The summed E-state index contributed by atoms with van der Waals surface area (Å²) in [4.78, 5) is 13.6. The summed E-state index contributed by atoms with van der Waals surface area (Å²) in [6.07, 6.45) is 1.58. The Bertz CT molecular complexity index is 584. The lowest BCUT2D eigenvalue weighted by atomic mass is 10.1. The maximum absolute atomic E-state index is 13.6. The van der Waals surface area contributed by atoms with E-state index in [0.717, 1.165) is 5.76 Å². The summed E-state index contributed by atoms with van der Waals surface area (Å²) < 4.78 is 18.8. The van der Waals surface area contributed by atoms with E-state index >= 15 is 0 Å². The van der Waals surface area contributed by atoms with Gasteiger partial charge in [-0.1, -0.05) is 18.2 Å². The number of rotatable bonds is 6. The monoisotopic (exact) mass is 290 g/mol. The SMILES string of the molecule is C[C@H](NCC(=O)N(C)Cc1ccco1)c1ccccc1F. The number of benzene rings is 1. The van der Waals surface area contributed by atoms with Gasteiger partial charge in [-0.05, 0) is 25.1 Å². The Hall–Kier alpha value is -2.14. The zero-order valence-electron chi connectivity index (χ0n) is 12.2. The molecular formula is C16H19FN2O2. The van der Waals surface area contributed by atoms with Gasteiger partial charge in [-0.2, -0.15) is 0 Å². The largest absolute Gasteiger partial charge is 0.467 e. The molecule has 21 heavy (non-hydrogen) atoms. The molecule has 0 spiro atoms. The third-order valence-electron chi connectivity index (χ3n) is 3.33. The van der Waals surface area contributed by atoms with E-state index in [-0.39, 0.29) is 24.3 Å². The molecule has 1 atom stereocenters. The van der Waals surface area contributed by atoms with E-state index in [9.17, 15) is 9.18 Å². The zero-order chi connectivity index (χ0) is 15.2. The van der Waals surface area contributed by atoms with Gasteiger partial charge in [0.2, 0.25) is 5.91 Å². The molecule has 1 N–H and O–H groups in total. The summed E-state index contributed by atoms with van der Waals surface area (Å²) in [7, 11) is 1.71. The molecule has 0 bridgehead atoms. The molecular weight excluding hydrogens is 271 g/mol. The second-order valence-corrected chi connectivity index (χ2v) is 4.95. The van der Waals surface area contributed by atoms with Gasteiger partial charge in [0.25, 0.3) is 0 Å². The van der Waals surface area contributed by atoms with Crippen molar-refractivity contribution in [3.8, 4) is 0 Å². The summed E-state index contributed by atoms with van der Waals surface area (Å²) in [6.45, 7) is 2.40. The Morgan fingerprint density at radius 1 is 1.33 bits per heavy atom. The van der Waals surface area contributed by atoms with Gasteiger partial charge >= 0.3 is 0 Å². The molecule has 1 heterocycles. The number of furan rings is 1. The number of halogens is 1. The third-order valence-corrected chi connectivity index (χ3v) is 3.33. The quantitative estimate of drug-likeness (QED) is 0.889. The topological polar surface area (TPSA) is 45.5 Å². The highest BCUT2D eigenvalue weighted by molar-refractivity contribution is 5.77. The van der Waals surface area contributed by atoms with Crippen LogP contribution in [0.4, 0.5) is 4.39 Å². The molecule has 0 saturated carbocycles. The van der Waals surface area contributed by atoms with Crippen LogP contribution >= 0.6 is 0 Å². The number of carbonyl (C=O) groups excluding carboxylic acids is 1. The van der Waals surface area contributed by atoms with Crippen LogP contribution in [0.1, 0.15) is 24.3 Å². The Balaban J connectivity index is 1.84. The summed E-state index contributed by atoms with van der Waals surface area (Å²) in [5.74, 6) is 0.386. The van der Waals surface area contributed by atoms with Crippen LogP contribution in [0.5, 0.6) is 0 Å². The smallest absolute Gasteiger partial charge is 0.236 e. The van der Waals surface area contributed by atoms with Gasteiger partial charge in [0.15, 0.2) is 0 Å². The fourth-order valence-corrected chi connectivity index (χ4v) is 2.04. The van der Waals surface area contributed by atoms with Crippen molar-refractivity contribution in [1.82, 2.24) is 10.2 Å². The Labute approximate surface area is 123 Å². The first-order valence-corrected chi connectivity index (χ1v) is 6.82. The highest BCUT2D eigenvalue weighted by atomic mass is 19.1. The molecule has 1 aromatic heterocycles. The normalized spacial score (nSPS) is 12.1. The van der Waals surface area contributed by atoms with Crippen molar-refractivity contribution < 1.29 is 13.6 Å². The van der Waals surface area contributed by atoms with E-state index in [1.54, 1.807) is 42.5 Å². The summed E-state index contributed by atoms with van der Waals surface area (Å²) >= 11 is 0. The summed E-state index contributed by atoms with van der Waals surface area (Å²) in [5, 5.41) is 3.04. The molecule has 0 aliphatic heterocycles. The fourth-order valence-electron chi connectivity index (χ4n) is 2.04. The van der Waals surface area contributed by atoms with Crippen LogP contribution in [0.2, 0.25) is 0 Å². The van der Waals surface area contributed by atoms with E-state index in [2.05, 4.69) is 5.32 Å². The Kier molecular flexibility index (Phi) is 5.11. The lowest BCUT2D eigenvalue weighted by molar-refractivity contribution is -0.129. The number of likely N-dealkylation sites (N-methyl/N-ethyl adjacent to an activating group) is 1. The van der Waals surface area contributed by atoms with Crippen molar-refractivity contribution in [3.05, 3.63) is 59.8 Å². The average Bonchev–Trinajstić information content (AvgIpc) is 2.97. The molecule has 0 saturated heterocycles. The Morgan fingerprint density at radius 3 is 2.76 bits per heavy atom. The molecule has 4 nitrogen and oxygen atoms in total. The van der Waals surface area contributed by atoms with Crippen molar-refractivity contribution in [2.75, 3.05) is 13.6 Å². The summed E-state index contributed by atoms with van der Waals surface area (Å²) in [6, 6.07) is 9.93. The number of amides is 1. The van der Waals surface area contributed by atoms with Crippen LogP contribution in [-0.4, -0.2) is 24.4 Å². The van der Waals surface area contributed by atoms with E-state index in [4.69, 9.17) is 4.42 Å². The van der Waals surface area contributed by atoms with Gasteiger partial charge in [0.1, 0.15) is 11.6 Å². The first kappa shape index (κ1) is 15.3. The molecule has 112 valence electrons. The first-order valence-electron chi connectivity index (χ1n) is 6.82. The summed E-state index contributed by atoms with van der Waals surface area (Å²) in [5.41, 5.74) is 0.555. The molecule has 2 aromatic rings.